The number of likely N-dealkylation sites (N-methyl/N-ethyl adjacent to an activating group) is 1. The number of hydrogen-bond donors (Lipinski definition) is 1. The second kappa shape index (κ2) is 6.68. The third-order valence-electron chi connectivity index (χ3n) is 3.25. The van der Waals surface area contributed by atoms with E-state index in [1.54, 1.807) is 6.07 Å². The van der Waals surface area contributed by atoms with Gasteiger partial charge in [-0.3, -0.25) is 0 Å². The third-order valence-corrected chi connectivity index (χ3v) is 3.87. The molecule has 1 aliphatic rings. The Labute approximate surface area is 121 Å². The fraction of sp³-hybridized carbons (Fsp3) is 0.571. The van der Waals surface area contributed by atoms with Gasteiger partial charge in [0, 0.05) is 19.1 Å². The molecule has 3 unspecified atom stereocenters. The van der Waals surface area contributed by atoms with Gasteiger partial charge in [0.15, 0.2) is 0 Å². The maximum atomic E-state index is 13.0. The van der Waals surface area contributed by atoms with Gasteiger partial charge in [-0.2, -0.15) is 0 Å². The molecule has 1 aromatic rings. The molecule has 1 aliphatic carbocycles. The summed E-state index contributed by atoms with van der Waals surface area (Å²) in [5.74, 6) is 0.380. The van der Waals surface area contributed by atoms with E-state index in [0.29, 0.717) is 22.9 Å². The zero-order chi connectivity index (χ0) is 13.8. The van der Waals surface area contributed by atoms with Crippen LogP contribution in [0.5, 0.6) is 5.75 Å². The monoisotopic (exact) mass is 331 g/mol. The van der Waals surface area contributed by atoms with Crippen LogP contribution in [-0.2, 0) is 4.74 Å². The van der Waals surface area contributed by atoms with Gasteiger partial charge in [0.2, 0.25) is 0 Å². The van der Waals surface area contributed by atoms with Gasteiger partial charge >= 0.3 is 0 Å². The topological polar surface area (TPSA) is 30.5 Å². The van der Waals surface area contributed by atoms with Gasteiger partial charge in [-0.05, 0) is 47.6 Å². The summed E-state index contributed by atoms with van der Waals surface area (Å²) in [7, 11) is 0. The van der Waals surface area contributed by atoms with Gasteiger partial charge in [0.25, 0.3) is 0 Å². The molecule has 1 N–H and O–H groups in total. The molecule has 3 atom stereocenters. The first-order chi connectivity index (χ1) is 9.15. The quantitative estimate of drug-likeness (QED) is 0.868. The molecular formula is C14H19BrFNO2. The predicted octanol–water partition coefficient (Wildman–Crippen LogP) is 3.12. The van der Waals surface area contributed by atoms with Crippen molar-refractivity contribution in [3.05, 3.63) is 28.5 Å². The van der Waals surface area contributed by atoms with Crippen LogP contribution in [0.1, 0.15) is 20.3 Å². The minimum absolute atomic E-state index is 0.0192. The number of benzene rings is 1. The van der Waals surface area contributed by atoms with Crippen molar-refractivity contribution >= 4 is 15.9 Å². The van der Waals surface area contributed by atoms with E-state index in [2.05, 4.69) is 28.2 Å². The van der Waals surface area contributed by atoms with E-state index in [9.17, 15) is 4.39 Å². The average molecular weight is 332 g/mol. The van der Waals surface area contributed by atoms with E-state index in [1.165, 1.54) is 12.1 Å². The van der Waals surface area contributed by atoms with Crippen LogP contribution in [0, 0.1) is 5.82 Å². The van der Waals surface area contributed by atoms with E-state index in [1.807, 2.05) is 6.92 Å². The molecule has 0 aliphatic heterocycles. The maximum Gasteiger partial charge on any atom is 0.134 e. The molecule has 0 radical (unpaired) electrons. The van der Waals surface area contributed by atoms with E-state index in [0.717, 1.165) is 13.0 Å². The minimum atomic E-state index is -0.278. The van der Waals surface area contributed by atoms with Gasteiger partial charge in [0.05, 0.1) is 4.47 Å². The smallest absolute Gasteiger partial charge is 0.134 e. The summed E-state index contributed by atoms with van der Waals surface area (Å²) in [6.45, 7) is 5.64. The number of nitrogens with one attached hydrogen (secondary N) is 1. The van der Waals surface area contributed by atoms with Crippen molar-refractivity contribution in [3.63, 3.8) is 0 Å². The summed E-state index contributed by atoms with van der Waals surface area (Å²) in [6, 6.07) is 4.79. The SMILES string of the molecule is CCNC1CC(Oc2ccc(F)cc2Br)C1OCC. The molecule has 1 saturated carbocycles. The molecule has 3 nitrogen and oxygen atoms in total. The Morgan fingerprint density at radius 1 is 1.42 bits per heavy atom. The summed E-state index contributed by atoms with van der Waals surface area (Å²) in [5, 5.41) is 3.38. The van der Waals surface area contributed by atoms with Crippen LogP contribution in [-0.4, -0.2) is 31.4 Å². The van der Waals surface area contributed by atoms with Gasteiger partial charge in [-0.15, -0.1) is 0 Å². The molecule has 0 saturated heterocycles. The largest absolute Gasteiger partial charge is 0.486 e. The van der Waals surface area contributed by atoms with Gasteiger partial charge in [0.1, 0.15) is 23.8 Å². The summed E-state index contributed by atoms with van der Waals surface area (Å²) < 4.78 is 25.3. The summed E-state index contributed by atoms with van der Waals surface area (Å²) in [5.41, 5.74) is 0. The molecule has 0 spiro atoms. The summed E-state index contributed by atoms with van der Waals surface area (Å²) >= 11 is 3.31. The molecule has 1 aromatic carbocycles. The number of rotatable bonds is 6. The molecular weight excluding hydrogens is 313 g/mol. The molecule has 0 heterocycles. The molecule has 1 fully saturated rings. The van der Waals surface area contributed by atoms with Crippen molar-refractivity contribution in [2.45, 2.75) is 38.5 Å². The van der Waals surface area contributed by atoms with E-state index in [4.69, 9.17) is 9.47 Å². The molecule has 5 heteroatoms. The van der Waals surface area contributed by atoms with Crippen LogP contribution in [0.3, 0.4) is 0 Å². The summed E-state index contributed by atoms with van der Waals surface area (Å²) in [4.78, 5) is 0. The van der Waals surface area contributed by atoms with Crippen molar-refractivity contribution in [2.24, 2.45) is 0 Å². The molecule has 106 valence electrons. The molecule has 0 aromatic heterocycles. The van der Waals surface area contributed by atoms with Crippen LogP contribution >= 0.6 is 15.9 Å². The van der Waals surface area contributed by atoms with Crippen LogP contribution in [0.15, 0.2) is 22.7 Å². The van der Waals surface area contributed by atoms with Gasteiger partial charge in [-0.25, -0.2) is 4.39 Å². The van der Waals surface area contributed by atoms with Gasteiger partial charge in [-0.1, -0.05) is 6.92 Å². The fourth-order valence-electron chi connectivity index (χ4n) is 2.31. The normalized spacial score (nSPS) is 26.0. The van der Waals surface area contributed by atoms with E-state index in [-0.39, 0.29) is 18.0 Å². The predicted molar refractivity (Wildman–Crippen MR) is 76.0 cm³/mol. The lowest BCUT2D eigenvalue weighted by atomic mass is 9.85. The Hall–Kier alpha value is -0.650. The highest BCUT2D eigenvalue weighted by Crippen LogP contribution is 2.33. The highest BCUT2D eigenvalue weighted by molar-refractivity contribution is 9.10. The molecule has 19 heavy (non-hydrogen) atoms. The van der Waals surface area contributed by atoms with Crippen molar-refractivity contribution < 1.29 is 13.9 Å². The highest BCUT2D eigenvalue weighted by atomic mass is 79.9. The third kappa shape index (κ3) is 3.46. The Balaban J connectivity index is 1.98. The van der Waals surface area contributed by atoms with Crippen molar-refractivity contribution in [3.8, 4) is 5.75 Å². The molecule has 0 bridgehead atoms. The Kier molecular flexibility index (Phi) is 5.19. The maximum absolute atomic E-state index is 13.0. The number of hydrogen-bond acceptors (Lipinski definition) is 3. The first-order valence-electron chi connectivity index (χ1n) is 6.62. The van der Waals surface area contributed by atoms with Crippen LogP contribution < -0.4 is 10.1 Å². The van der Waals surface area contributed by atoms with Gasteiger partial charge < -0.3 is 14.8 Å². The molecule has 2 rings (SSSR count). The lowest BCUT2D eigenvalue weighted by molar-refractivity contribution is -0.104. The van der Waals surface area contributed by atoms with Crippen LogP contribution in [0.2, 0.25) is 0 Å². The summed E-state index contributed by atoms with van der Waals surface area (Å²) in [6.07, 6.45) is 0.982. The Bertz CT molecular complexity index is 430. The number of ether oxygens (including phenoxy) is 2. The second-order valence-electron chi connectivity index (χ2n) is 4.55. The van der Waals surface area contributed by atoms with Crippen molar-refractivity contribution in [1.29, 1.82) is 0 Å². The van der Waals surface area contributed by atoms with E-state index >= 15 is 0 Å². The number of halogens is 2. The van der Waals surface area contributed by atoms with E-state index < -0.39 is 0 Å². The Morgan fingerprint density at radius 3 is 2.84 bits per heavy atom. The average Bonchev–Trinajstić information content (AvgIpc) is 2.37. The highest BCUT2D eigenvalue weighted by Gasteiger charge is 2.43. The standard InChI is InChI=1S/C14H19BrFNO2/c1-3-17-11-8-13(14(11)18-4-2)19-12-6-5-9(16)7-10(12)15/h5-7,11,13-14,17H,3-4,8H2,1-2H3. The first kappa shape index (κ1) is 14.8. The lowest BCUT2D eigenvalue weighted by Gasteiger charge is -2.44. The van der Waals surface area contributed by atoms with Crippen LogP contribution in [0.4, 0.5) is 4.39 Å². The lowest BCUT2D eigenvalue weighted by Crippen LogP contribution is -2.61. The van der Waals surface area contributed by atoms with Crippen molar-refractivity contribution in [1.82, 2.24) is 5.32 Å². The van der Waals surface area contributed by atoms with Crippen molar-refractivity contribution in [2.75, 3.05) is 13.2 Å². The first-order valence-corrected chi connectivity index (χ1v) is 7.41. The molecule has 0 amide bonds. The Morgan fingerprint density at radius 2 is 2.21 bits per heavy atom. The zero-order valence-electron chi connectivity index (χ0n) is 11.2. The van der Waals surface area contributed by atoms with Crippen LogP contribution in [0.25, 0.3) is 0 Å². The zero-order valence-corrected chi connectivity index (χ0v) is 12.7. The minimum Gasteiger partial charge on any atom is -0.486 e. The fourth-order valence-corrected chi connectivity index (χ4v) is 2.75. The second-order valence-corrected chi connectivity index (χ2v) is 5.41.